The Balaban J connectivity index is 1.46. The van der Waals surface area contributed by atoms with E-state index in [-0.39, 0.29) is 24.4 Å². The molecule has 0 aromatic heterocycles. The Morgan fingerprint density at radius 1 is 0.571 bits per heavy atom. The molecule has 0 fully saturated rings. The number of allylic oxidation sites excluding steroid dienone is 4. The van der Waals surface area contributed by atoms with Gasteiger partial charge in [-0.15, -0.1) is 0 Å². The van der Waals surface area contributed by atoms with E-state index in [1.165, 1.54) is 46.3 Å². The largest absolute Gasteiger partial charge is 0.480 e. The summed E-state index contributed by atoms with van der Waals surface area (Å²) in [5.74, 6) is -6.91. The van der Waals surface area contributed by atoms with E-state index in [4.69, 9.17) is 20.5 Å². The summed E-state index contributed by atoms with van der Waals surface area (Å²) >= 11 is 0. The molecule has 4 aliphatic rings. The number of hydrogen-bond acceptors (Lipinski definition) is 10. The number of hydrogen-bond donors (Lipinski definition) is 4. The summed E-state index contributed by atoms with van der Waals surface area (Å²) in [6.07, 6.45) is 9.66. The number of rotatable bonds is 19. The van der Waals surface area contributed by atoms with Crippen LogP contribution < -0.4 is 0 Å². The summed E-state index contributed by atoms with van der Waals surface area (Å²) in [5.41, 5.74) is 13.3. The van der Waals surface area contributed by atoms with E-state index < -0.39 is 83.9 Å². The lowest BCUT2D eigenvalue weighted by Crippen LogP contribution is -2.69. The Bertz CT molecular complexity index is 2110. The highest BCUT2D eigenvalue weighted by atomic mass is 16.6. The lowest BCUT2D eigenvalue weighted by Gasteiger charge is -2.63. The topological polar surface area (TPSA) is 281 Å². The Morgan fingerprint density at radius 2 is 0.893 bits per heavy atom. The van der Waals surface area contributed by atoms with Crippen LogP contribution in [0.15, 0.2) is 96.1 Å². The van der Waals surface area contributed by atoms with Crippen molar-refractivity contribution < 1.29 is 68.2 Å². The van der Waals surface area contributed by atoms with Gasteiger partial charge < -0.3 is 41.0 Å². The second-order valence-corrected chi connectivity index (χ2v) is 13.2. The molecule has 56 heavy (non-hydrogen) atoms. The molecule has 4 atom stereocenters. The van der Waals surface area contributed by atoms with Crippen molar-refractivity contribution in [2.45, 2.75) is 22.3 Å². The third-order valence-corrected chi connectivity index (χ3v) is 10.3. The summed E-state index contributed by atoms with van der Waals surface area (Å²) in [5, 5.41) is 39.6. The molecule has 2 aromatic rings. The van der Waals surface area contributed by atoms with E-state index in [2.05, 4.69) is 9.58 Å². The molecule has 4 N–H and O–H groups in total. The van der Waals surface area contributed by atoms with Crippen LogP contribution in [-0.4, -0.2) is 127 Å². The van der Waals surface area contributed by atoms with Crippen LogP contribution in [0.4, 0.5) is 0 Å². The van der Waals surface area contributed by atoms with Gasteiger partial charge in [0.1, 0.15) is 22.3 Å². The van der Waals surface area contributed by atoms with Gasteiger partial charge in [0, 0.05) is 11.1 Å². The van der Waals surface area contributed by atoms with E-state index in [9.17, 15) is 49.2 Å². The van der Waals surface area contributed by atoms with E-state index in [1.807, 2.05) is 0 Å². The molecule has 0 heterocycles. The van der Waals surface area contributed by atoms with Gasteiger partial charge in [-0.2, -0.15) is 9.58 Å². The maximum Gasteiger partial charge on any atom is 0.328 e. The number of carbonyl (C=O) groups is 6. The first-order valence-corrected chi connectivity index (χ1v) is 16.9. The van der Waals surface area contributed by atoms with E-state index in [0.29, 0.717) is 34.7 Å². The van der Waals surface area contributed by atoms with Crippen LogP contribution in [0.25, 0.3) is 11.1 Å². The molecule has 0 bridgehead atoms. The number of carboxylic acids is 4. The number of fused-ring (bicyclic) bond motifs is 8. The number of nitrogens with zero attached hydrogens (tertiary/aromatic N) is 6. The predicted molar refractivity (Wildman–Crippen MR) is 189 cm³/mol. The summed E-state index contributed by atoms with van der Waals surface area (Å²) in [4.78, 5) is 82.6. The van der Waals surface area contributed by atoms with E-state index in [1.54, 1.807) is 48.5 Å². The van der Waals surface area contributed by atoms with Crippen molar-refractivity contribution in [2.75, 3.05) is 39.4 Å². The number of carbonyl (C=O) groups excluding carboxylic acids is 2. The highest BCUT2D eigenvalue weighted by molar-refractivity contribution is 6.34. The van der Waals surface area contributed by atoms with Crippen LogP contribution in [0.3, 0.4) is 0 Å². The normalized spacial score (nSPS) is 24.6. The molecule has 4 aliphatic carbocycles. The molecule has 0 amide bonds. The van der Waals surface area contributed by atoms with Crippen molar-refractivity contribution in [1.29, 1.82) is 0 Å². The number of ether oxygens (including phenoxy) is 2. The molecule has 0 spiro atoms. The molecule has 18 nitrogen and oxygen atoms in total. The summed E-state index contributed by atoms with van der Waals surface area (Å²) < 4.78 is 13.2. The zero-order valence-electron chi connectivity index (χ0n) is 29.2. The fourth-order valence-corrected chi connectivity index (χ4v) is 8.43. The predicted octanol–water partition coefficient (Wildman–Crippen LogP) is 0.903. The fraction of sp³-hybridized carbons (Fsp3) is 0.263. The van der Waals surface area contributed by atoms with E-state index >= 15 is 0 Å². The summed E-state index contributed by atoms with van der Waals surface area (Å²) in [6, 6.07) is 13.3. The van der Waals surface area contributed by atoms with Gasteiger partial charge in [0.05, 0.1) is 39.4 Å². The van der Waals surface area contributed by atoms with Gasteiger partial charge in [0.2, 0.25) is 0 Å². The van der Waals surface area contributed by atoms with Crippen LogP contribution >= 0.6 is 0 Å². The first kappa shape index (κ1) is 38.9. The monoisotopic (exact) mass is 764 g/mol. The second-order valence-electron chi connectivity index (χ2n) is 13.2. The van der Waals surface area contributed by atoms with Crippen molar-refractivity contribution in [3.63, 3.8) is 0 Å². The molecular weight excluding hydrogens is 732 g/mol. The maximum absolute atomic E-state index is 13.0. The van der Waals surface area contributed by atoms with Gasteiger partial charge >= 0.3 is 36.3 Å². The lowest BCUT2D eigenvalue weighted by atomic mass is 9.54. The van der Waals surface area contributed by atoms with Crippen LogP contribution in [0.2, 0.25) is 0 Å². The Kier molecular flexibility index (Phi) is 10.3. The van der Waals surface area contributed by atoms with Crippen molar-refractivity contribution in [1.82, 2.24) is 9.80 Å². The number of ketones is 2. The first-order chi connectivity index (χ1) is 26.7. The average molecular weight is 765 g/mol. The van der Waals surface area contributed by atoms with E-state index in [0.717, 1.165) is 0 Å². The van der Waals surface area contributed by atoms with Crippen molar-refractivity contribution in [3.8, 4) is 0 Å². The molecule has 2 aromatic carbocycles. The molecule has 286 valence electrons. The van der Waals surface area contributed by atoms with Gasteiger partial charge in [-0.1, -0.05) is 72.8 Å². The maximum atomic E-state index is 13.0. The fourth-order valence-electron chi connectivity index (χ4n) is 8.43. The minimum absolute atomic E-state index is 0.0305. The Morgan fingerprint density at radius 3 is 1.20 bits per heavy atom. The van der Waals surface area contributed by atoms with Crippen LogP contribution in [0, 0.1) is 0 Å². The van der Waals surface area contributed by atoms with Crippen LogP contribution in [-0.2, 0) is 60.5 Å². The van der Waals surface area contributed by atoms with Gasteiger partial charge in [-0.05, 0) is 34.4 Å². The molecule has 4 unspecified atom stereocenters. The summed E-state index contributed by atoms with van der Waals surface area (Å²) in [7, 11) is 0. The summed E-state index contributed by atoms with van der Waals surface area (Å²) in [6.45, 7) is -3.81. The molecular formula is C38H32N6O12. The number of aliphatic carboxylic acids is 4. The van der Waals surface area contributed by atoms with Gasteiger partial charge in [-0.3, -0.25) is 38.6 Å². The number of Topliss-reactive ketones (excluding diaryl/α,β-unsaturated/α-hetero) is 2. The smallest absolute Gasteiger partial charge is 0.328 e. The van der Waals surface area contributed by atoms with Gasteiger partial charge in [-0.25, -0.2) is 0 Å². The zero-order valence-corrected chi connectivity index (χ0v) is 29.2. The molecule has 0 radical (unpaired) electrons. The SMILES string of the molecule is [N-]=[N+]=CC(=O)C1=CC2(OCCOC34C=C(C(=O)C=[N+]=[N-])C=CC3(N(CC(=O)O)CC(=O)O)c3ccccc34)c3ccccc3C2(N(CC(=O)O)CC(=O)O)C=C1. The number of carboxylic acid groups (broad SMARTS) is 4. The average Bonchev–Trinajstić information content (AvgIpc) is 3.13. The third kappa shape index (κ3) is 5.95. The Hall–Kier alpha value is -6.78. The van der Waals surface area contributed by atoms with Gasteiger partial charge in [0.25, 0.3) is 11.6 Å². The molecule has 18 heteroatoms. The quantitative estimate of drug-likeness (QED) is 0.0670. The van der Waals surface area contributed by atoms with Crippen LogP contribution in [0.5, 0.6) is 0 Å². The minimum atomic E-state index is -1.74. The Labute approximate surface area is 316 Å². The third-order valence-electron chi connectivity index (χ3n) is 10.3. The molecule has 0 aliphatic heterocycles. The standard InChI is InChI=1S/C38H32N6O12/c39-41-17-29(45)23-9-11-35(43(19-31(47)48)20-32(49)50)25-5-1-3-7-27(25)37(35,15-23)55-13-14-56-38-16-24(30(46)18-42-40)10-12-36(38,26-6-2-4-8-28(26)38)44(21-33(51)52)22-34(53)54/h1-12,15-18H,13-14,19-22H2,(H,47,48)(H,49,50)(H,51,52)(H,53,54). The van der Waals surface area contributed by atoms with Gasteiger partial charge in [0.15, 0.2) is 0 Å². The molecule has 0 saturated carbocycles. The van der Waals surface area contributed by atoms with Crippen molar-refractivity contribution >= 4 is 47.9 Å². The highest BCUT2D eigenvalue weighted by Gasteiger charge is 2.68. The molecule has 0 saturated heterocycles. The molecule has 6 rings (SSSR count). The van der Waals surface area contributed by atoms with Crippen molar-refractivity contribution in [3.05, 3.63) is 129 Å². The lowest BCUT2D eigenvalue weighted by molar-refractivity contribution is -0.190. The minimum Gasteiger partial charge on any atom is -0.480 e. The second kappa shape index (κ2) is 14.8. The van der Waals surface area contributed by atoms with Crippen molar-refractivity contribution in [2.24, 2.45) is 0 Å². The van der Waals surface area contributed by atoms with Crippen LogP contribution in [0.1, 0.15) is 22.3 Å². The number of benzene rings is 2. The zero-order chi connectivity index (χ0) is 40.5. The first-order valence-electron chi connectivity index (χ1n) is 16.9. The highest BCUT2D eigenvalue weighted by Crippen LogP contribution is 2.64.